The third-order valence-corrected chi connectivity index (χ3v) is 5.87. The lowest BCUT2D eigenvalue weighted by atomic mass is 10.0. The van der Waals surface area contributed by atoms with Gasteiger partial charge in [0.15, 0.2) is 9.84 Å². The van der Waals surface area contributed by atoms with E-state index in [1.807, 2.05) is 19.2 Å². The quantitative estimate of drug-likeness (QED) is 0.645. The number of nitrogens with zero attached hydrogens (tertiary/aromatic N) is 2. The van der Waals surface area contributed by atoms with Gasteiger partial charge in [-0.3, -0.25) is 4.79 Å². The number of halogens is 1. The molecule has 2 aromatic carbocycles. The number of methoxy groups -OCH3 is 1. The van der Waals surface area contributed by atoms with Gasteiger partial charge in [0.05, 0.1) is 22.6 Å². The van der Waals surface area contributed by atoms with Gasteiger partial charge in [0.25, 0.3) is 5.91 Å². The molecule has 0 fully saturated rings. The Hall–Kier alpha value is -2.84. The number of carbonyl (C=O) groups excluding carboxylic acids is 1. The van der Waals surface area contributed by atoms with Crippen molar-refractivity contribution in [1.29, 1.82) is 0 Å². The van der Waals surface area contributed by atoms with Gasteiger partial charge in [-0.2, -0.15) is 0 Å². The van der Waals surface area contributed by atoms with E-state index in [0.717, 1.165) is 11.8 Å². The average molecular weight is 434 g/mol. The van der Waals surface area contributed by atoms with E-state index in [1.54, 1.807) is 36.2 Å². The van der Waals surface area contributed by atoms with Crippen molar-refractivity contribution in [2.45, 2.75) is 10.9 Å². The lowest BCUT2D eigenvalue weighted by Crippen LogP contribution is -2.31. The SMILES string of the molecule is COc1cccc(C(NC(=O)c2cc(S(C)(=O)=O)ccc2Cl)c2nccn2C)c1. The van der Waals surface area contributed by atoms with Gasteiger partial charge < -0.3 is 14.6 Å². The first-order valence-corrected chi connectivity index (χ1v) is 10.9. The highest BCUT2D eigenvalue weighted by Gasteiger charge is 2.24. The molecule has 1 atom stereocenters. The molecule has 29 heavy (non-hydrogen) atoms. The number of hydrogen-bond acceptors (Lipinski definition) is 5. The molecule has 7 nitrogen and oxygen atoms in total. The van der Waals surface area contributed by atoms with E-state index >= 15 is 0 Å². The summed E-state index contributed by atoms with van der Waals surface area (Å²) in [6.07, 6.45) is 4.47. The summed E-state index contributed by atoms with van der Waals surface area (Å²) in [6.45, 7) is 0. The second-order valence-corrected chi connectivity index (χ2v) is 8.92. The number of nitrogens with one attached hydrogen (secondary N) is 1. The average Bonchev–Trinajstić information content (AvgIpc) is 3.11. The molecular formula is C20H20ClN3O4S. The van der Waals surface area contributed by atoms with Crippen LogP contribution >= 0.6 is 11.6 Å². The molecule has 9 heteroatoms. The van der Waals surface area contributed by atoms with Crippen LogP contribution in [0.5, 0.6) is 5.75 Å². The number of hydrogen-bond donors (Lipinski definition) is 1. The van der Waals surface area contributed by atoms with Gasteiger partial charge in [0.1, 0.15) is 17.6 Å². The van der Waals surface area contributed by atoms with E-state index in [1.165, 1.54) is 18.2 Å². The zero-order chi connectivity index (χ0) is 21.2. The van der Waals surface area contributed by atoms with E-state index < -0.39 is 21.8 Å². The van der Waals surface area contributed by atoms with Crippen molar-refractivity contribution in [3.63, 3.8) is 0 Å². The van der Waals surface area contributed by atoms with Crippen molar-refractivity contribution < 1.29 is 17.9 Å². The van der Waals surface area contributed by atoms with Crippen LogP contribution in [-0.4, -0.2) is 37.2 Å². The first-order valence-electron chi connectivity index (χ1n) is 8.62. The molecule has 1 N–H and O–H groups in total. The van der Waals surface area contributed by atoms with E-state index in [0.29, 0.717) is 11.6 Å². The molecule has 152 valence electrons. The summed E-state index contributed by atoms with van der Waals surface area (Å²) in [5.74, 6) is 0.714. The number of carbonyl (C=O) groups is 1. The highest BCUT2D eigenvalue weighted by atomic mass is 35.5. The van der Waals surface area contributed by atoms with Crippen molar-refractivity contribution >= 4 is 27.3 Å². The summed E-state index contributed by atoms with van der Waals surface area (Å²) >= 11 is 6.18. The molecule has 0 aliphatic rings. The molecule has 1 aromatic heterocycles. The normalized spacial score (nSPS) is 12.4. The van der Waals surface area contributed by atoms with Crippen molar-refractivity contribution in [2.75, 3.05) is 13.4 Å². The standard InChI is InChI=1S/C20H20ClN3O4S/c1-24-10-9-22-19(24)18(13-5-4-6-14(11-13)28-2)23-20(25)16-12-15(29(3,26)27)7-8-17(16)21/h4-12,18H,1-3H3,(H,23,25). The molecule has 0 saturated heterocycles. The van der Waals surface area contributed by atoms with Crippen LogP contribution in [0.25, 0.3) is 0 Å². The van der Waals surface area contributed by atoms with Gasteiger partial charge in [-0.15, -0.1) is 0 Å². The van der Waals surface area contributed by atoms with Crippen LogP contribution in [0.4, 0.5) is 0 Å². The molecule has 0 saturated carbocycles. The Morgan fingerprint density at radius 3 is 2.62 bits per heavy atom. The summed E-state index contributed by atoms with van der Waals surface area (Å²) in [6, 6.07) is 10.7. The van der Waals surface area contributed by atoms with Crippen molar-refractivity contribution in [2.24, 2.45) is 7.05 Å². The zero-order valence-corrected chi connectivity index (χ0v) is 17.7. The summed E-state index contributed by atoms with van der Waals surface area (Å²) in [5, 5.41) is 3.06. The van der Waals surface area contributed by atoms with E-state index in [2.05, 4.69) is 10.3 Å². The Kier molecular flexibility index (Phi) is 5.95. The molecule has 0 spiro atoms. The molecule has 3 rings (SSSR count). The highest BCUT2D eigenvalue weighted by molar-refractivity contribution is 7.90. The number of imidazole rings is 1. The highest BCUT2D eigenvalue weighted by Crippen LogP contribution is 2.26. The number of aryl methyl sites for hydroxylation is 1. The second-order valence-electron chi connectivity index (χ2n) is 6.49. The number of ether oxygens (including phenoxy) is 1. The first-order chi connectivity index (χ1) is 13.7. The Morgan fingerprint density at radius 1 is 1.24 bits per heavy atom. The minimum absolute atomic E-state index is 0.0157. The van der Waals surface area contributed by atoms with Crippen LogP contribution in [0.2, 0.25) is 5.02 Å². The Bertz CT molecular complexity index is 1160. The molecule has 0 aliphatic carbocycles. The third-order valence-electron chi connectivity index (χ3n) is 4.43. The van der Waals surface area contributed by atoms with E-state index in [4.69, 9.17) is 16.3 Å². The first kappa shape index (κ1) is 20.9. The molecule has 1 amide bonds. The fraction of sp³-hybridized carbons (Fsp3) is 0.200. The van der Waals surface area contributed by atoms with Crippen molar-refractivity contribution in [3.05, 3.63) is 76.8 Å². The number of sulfone groups is 1. The van der Waals surface area contributed by atoms with Gasteiger partial charge >= 0.3 is 0 Å². The monoisotopic (exact) mass is 433 g/mol. The Balaban J connectivity index is 2.03. The maximum Gasteiger partial charge on any atom is 0.253 e. The Morgan fingerprint density at radius 2 is 2.00 bits per heavy atom. The van der Waals surface area contributed by atoms with Crippen LogP contribution in [0.15, 0.2) is 59.8 Å². The maximum absolute atomic E-state index is 13.0. The van der Waals surface area contributed by atoms with Crippen LogP contribution in [0, 0.1) is 0 Å². The van der Waals surface area contributed by atoms with Crippen LogP contribution in [-0.2, 0) is 16.9 Å². The molecule has 3 aromatic rings. The predicted octanol–water partition coefficient (Wildman–Crippen LogP) is 3.01. The van der Waals surface area contributed by atoms with Crippen LogP contribution in [0.3, 0.4) is 0 Å². The second kappa shape index (κ2) is 8.26. The van der Waals surface area contributed by atoms with Gasteiger partial charge in [-0.25, -0.2) is 13.4 Å². The number of rotatable bonds is 6. The zero-order valence-electron chi connectivity index (χ0n) is 16.1. The van der Waals surface area contributed by atoms with Gasteiger partial charge in [-0.05, 0) is 35.9 Å². The van der Waals surface area contributed by atoms with Crippen LogP contribution < -0.4 is 10.1 Å². The molecule has 0 bridgehead atoms. The van der Waals surface area contributed by atoms with Crippen LogP contribution in [0.1, 0.15) is 27.8 Å². The summed E-state index contributed by atoms with van der Waals surface area (Å²) < 4.78 is 30.8. The lowest BCUT2D eigenvalue weighted by molar-refractivity contribution is 0.0941. The van der Waals surface area contributed by atoms with Crippen molar-refractivity contribution in [1.82, 2.24) is 14.9 Å². The van der Waals surface area contributed by atoms with Gasteiger partial charge in [-0.1, -0.05) is 23.7 Å². The maximum atomic E-state index is 13.0. The fourth-order valence-electron chi connectivity index (χ4n) is 2.89. The minimum atomic E-state index is -3.49. The number of amides is 1. The molecule has 1 unspecified atom stereocenters. The molecule has 1 heterocycles. The topological polar surface area (TPSA) is 90.3 Å². The van der Waals surface area contributed by atoms with E-state index in [9.17, 15) is 13.2 Å². The number of aromatic nitrogens is 2. The molecular weight excluding hydrogens is 414 g/mol. The van der Waals surface area contributed by atoms with Gasteiger partial charge in [0.2, 0.25) is 0 Å². The molecule has 0 radical (unpaired) electrons. The summed E-state index contributed by atoms with van der Waals surface area (Å²) in [4.78, 5) is 17.4. The Labute approximate surface area is 174 Å². The number of benzene rings is 2. The van der Waals surface area contributed by atoms with Crippen molar-refractivity contribution in [3.8, 4) is 5.75 Å². The van der Waals surface area contributed by atoms with E-state index in [-0.39, 0.29) is 15.5 Å². The predicted molar refractivity (Wildman–Crippen MR) is 110 cm³/mol. The summed E-state index contributed by atoms with van der Waals surface area (Å²) in [7, 11) is -0.109. The third kappa shape index (κ3) is 4.60. The minimum Gasteiger partial charge on any atom is -0.497 e. The lowest BCUT2D eigenvalue weighted by Gasteiger charge is -2.20. The fourth-order valence-corrected chi connectivity index (χ4v) is 3.74. The summed E-state index contributed by atoms with van der Waals surface area (Å²) in [5.41, 5.74) is 0.819. The smallest absolute Gasteiger partial charge is 0.253 e. The largest absolute Gasteiger partial charge is 0.497 e. The molecule has 0 aliphatic heterocycles. The van der Waals surface area contributed by atoms with Gasteiger partial charge in [0, 0.05) is 25.7 Å².